The third kappa shape index (κ3) is 4.54. The Morgan fingerprint density at radius 1 is 1.06 bits per heavy atom. The summed E-state index contributed by atoms with van der Waals surface area (Å²) in [4.78, 5) is 42.6. The van der Waals surface area contributed by atoms with Gasteiger partial charge in [-0.25, -0.2) is 4.79 Å². The smallest absolute Gasteiger partial charge is 0.332 e. The fourth-order valence-electron chi connectivity index (χ4n) is 4.50. The lowest BCUT2D eigenvalue weighted by Crippen LogP contribution is -2.67. The molecular formula is C25H30N2O4. The van der Waals surface area contributed by atoms with Gasteiger partial charge < -0.3 is 4.74 Å². The number of benzene rings is 2. The predicted octanol–water partition coefficient (Wildman–Crippen LogP) is 3.57. The van der Waals surface area contributed by atoms with Gasteiger partial charge in [0, 0.05) is 36.7 Å². The number of ether oxygens (including phenoxy) is 1. The molecule has 1 aliphatic heterocycles. The molecule has 1 heterocycles. The van der Waals surface area contributed by atoms with Crippen molar-refractivity contribution < 1.29 is 19.1 Å². The van der Waals surface area contributed by atoms with E-state index in [2.05, 4.69) is 4.90 Å². The Balaban J connectivity index is 1.89. The van der Waals surface area contributed by atoms with Crippen LogP contribution in [-0.2, 0) is 14.3 Å². The molecule has 2 aromatic rings. The second-order valence-corrected chi connectivity index (χ2v) is 8.01. The van der Waals surface area contributed by atoms with E-state index in [9.17, 15) is 14.4 Å². The van der Waals surface area contributed by atoms with Crippen molar-refractivity contribution in [1.82, 2.24) is 4.90 Å². The van der Waals surface area contributed by atoms with Gasteiger partial charge in [0.15, 0.2) is 5.78 Å². The van der Waals surface area contributed by atoms with E-state index in [0.717, 1.165) is 0 Å². The monoisotopic (exact) mass is 422 g/mol. The molecule has 0 saturated carbocycles. The molecule has 0 unspecified atom stereocenters. The van der Waals surface area contributed by atoms with Crippen molar-refractivity contribution in [2.75, 3.05) is 31.6 Å². The van der Waals surface area contributed by atoms with Gasteiger partial charge in [-0.3, -0.25) is 19.4 Å². The number of amides is 1. The third-order valence-electron chi connectivity index (χ3n) is 6.12. The number of Topliss-reactive ketones (excluding diaryl/α,β-unsaturated/α-hetero) is 1. The Morgan fingerprint density at radius 3 is 2.23 bits per heavy atom. The highest BCUT2D eigenvalue weighted by atomic mass is 16.5. The average molecular weight is 423 g/mol. The molecule has 0 radical (unpaired) electrons. The molecule has 1 fully saturated rings. The van der Waals surface area contributed by atoms with E-state index in [4.69, 9.17) is 4.74 Å². The largest absolute Gasteiger partial charge is 0.467 e. The molecule has 2 aromatic carbocycles. The van der Waals surface area contributed by atoms with Gasteiger partial charge in [0.05, 0.1) is 13.7 Å². The van der Waals surface area contributed by atoms with Crippen LogP contribution in [0.5, 0.6) is 0 Å². The second kappa shape index (κ2) is 9.88. The van der Waals surface area contributed by atoms with Crippen molar-refractivity contribution in [2.24, 2.45) is 5.92 Å². The Bertz CT molecular complexity index is 916. The van der Waals surface area contributed by atoms with Crippen molar-refractivity contribution in [3.05, 3.63) is 66.2 Å². The van der Waals surface area contributed by atoms with Gasteiger partial charge >= 0.3 is 5.97 Å². The van der Waals surface area contributed by atoms with E-state index < -0.39 is 11.5 Å². The Labute approximate surface area is 183 Å². The number of carbonyl (C=O) groups excluding carboxylic acids is 3. The van der Waals surface area contributed by atoms with E-state index >= 15 is 0 Å². The minimum Gasteiger partial charge on any atom is -0.467 e. The first kappa shape index (κ1) is 22.7. The zero-order chi connectivity index (χ0) is 22.4. The first-order valence-corrected chi connectivity index (χ1v) is 10.7. The number of anilines is 1. The van der Waals surface area contributed by atoms with Gasteiger partial charge in [-0.15, -0.1) is 0 Å². The van der Waals surface area contributed by atoms with Crippen molar-refractivity contribution in [3.8, 4) is 0 Å². The first-order valence-electron chi connectivity index (χ1n) is 10.7. The molecule has 1 saturated heterocycles. The minimum atomic E-state index is -1.12. The van der Waals surface area contributed by atoms with Gasteiger partial charge in [-0.05, 0) is 18.6 Å². The molecular weight excluding hydrogens is 392 g/mol. The van der Waals surface area contributed by atoms with E-state index in [-0.39, 0.29) is 30.6 Å². The van der Waals surface area contributed by atoms with E-state index in [1.54, 1.807) is 11.8 Å². The normalized spacial score (nSPS) is 21.3. The van der Waals surface area contributed by atoms with Crippen LogP contribution in [0, 0.1) is 5.92 Å². The maximum atomic E-state index is 13.2. The number of para-hydroxylation sites is 1. The molecule has 3 rings (SSSR count). The minimum absolute atomic E-state index is 0.0444. The molecule has 1 amide bonds. The Kier molecular flexibility index (Phi) is 7.23. The van der Waals surface area contributed by atoms with Crippen LogP contribution in [0.15, 0.2) is 60.7 Å². The molecule has 0 aliphatic carbocycles. The molecule has 0 N–H and O–H groups in total. The average Bonchev–Trinajstić information content (AvgIpc) is 2.81. The van der Waals surface area contributed by atoms with Gasteiger partial charge in [-0.2, -0.15) is 0 Å². The first-order chi connectivity index (χ1) is 14.9. The number of rotatable bonds is 7. The molecule has 0 aromatic heterocycles. The summed E-state index contributed by atoms with van der Waals surface area (Å²) in [6, 6.07) is 18.5. The lowest BCUT2D eigenvalue weighted by atomic mass is 9.76. The Hall–Kier alpha value is -2.99. The highest BCUT2D eigenvalue weighted by Crippen LogP contribution is 2.39. The predicted molar refractivity (Wildman–Crippen MR) is 120 cm³/mol. The summed E-state index contributed by atoms with van der Waals surface area (Å²) < 4.78 is 5.23. The maximum Gasteiger partial charge on any atom is 0.332 e. The lowest BCUT2D eigenvalue weighted by molar-refractivity contribution is -0.153. The van der Waals surface area contributed by atoms with Crippen LogP contribution in [0.2, 0.25) is 0 Å². The van der Waals surface area contributed by atoms with Gasteiger partial charge in [0.2, 0.25) is 5.91 Å². The van der Waals surface area contributed by atoms with E-state index in [0.29, 0.717) is 30.8 Å². The quantitative estimate of drug-likeness (QED) is 0.504. The zero-order valence-electron chi connectivity index (χ0n) is 18.4. The number of piperidine rings is 1. The summed E-state index contributed by atoms with van der Waals surface area (Å²) in [6.45, 7) is 5.04. The number of carbonyl (C=O) groups is 3. The zero-order valence-corrected chi connectivity index (χ0v) is 18.4. The standard InChI is InChI=1S/C25H30N2O4/c1-4-23(29)27(21-13-9-6-10-14-21)25(24(30)31-3)15-16-26(17-19(25)2)18-22(28)20-11-7-5-8-12-20/h5-14,19H,4,15-18H2,1-3H3/t19-,25+/m1/s1. The van der Waals surface area contributed by atoms with E-state index in [1.165, 1.54) is 7.11 Å². The van der Waals surface area contributed by atoms with Crippen molar-refractivity contribution in [3.63, 3.8) is 0 Å². The number of methoxy groups -OCH3 is 1. The Morgan fingerprint density at radius 2 is 1.68 bits per heavy atom. The number of nitrogens with zero attached hydrogens (tertiary/aromatic N) is 2. The van der Waals surface area contributed by atoms with Gasteiger partial charge in [-0.1, -0.05) is 62.4 Å². The summed E-state index contributed by atoms with van der Waals surface area (Å²) in [5.74, 6) is -0.729. The van der Waals surface area contributed by atoms with Crippen molar-refractivity contribution >= 4 is 23.3 Å². The summed E-state index contributed by atoms with van der Waals surface area (Å²) in [5.41, 5.74) is 0.239. The van der Waals surface area contributed by atoms with Crippen LogP contribution in [0.4, 0.5) is 5.69 Å². The third-order valence-corrected chi connectivity index (χ3v) is 6.12. The summed E-state index contributed by atoms with van der Waals surface area (Å²) in [5, 5.41) is 0. The lowest BCUT2D eigenvalue weighted by Gasteiger charge is -2.50. The van der Waals surface area contributed by atoms with Crippen LogP contribution >= 0.6 is 0 Å². The molecule has 0 spiro atoms. The number of hydrogen-bond donors (Lipinski definition) is 0. The van der Waals surface area contributed by atoms with Crippen LogP contribution in [0.25, 0.3) is 0 Å². The van der Waals surface area contributed by atoms with Crippen molar-refractivity contribution in [2.45, 2.75) is 32.2 Å². The number of hydrogen-bond acceptors (Lipinski definition) is 5. The number of esters is 1. The van der Waals surface area contributed by atoms with Gasteiger partial charge in [0.1, 0.15) is 5.54 Å². The highest BCUT2D eigenvalue weighted by Gasteiger charge is 2.54. The molecule has 1 aliphatic rings. The fourth-order valence-corrected chi connectivity index (χ4v) is 4.50. The van der Waals surface area contributed by atoms with Crippen LogP contribution < -0.4 is 4.90 Å². The molecule has 6 nitrogen and oxygen atoms in total. The summed E-state index contributed by atoms with van der Waals surface area (Å²) in [6.07, 6.45) is 0.667. The molecule has 31 heavy (non-hydrogen) atoms. The number of ketones is 1. The molecule has 6 heteroatoms. The van der Waals surface area contributed by atoms with Gasteiger partial charge in [0.25, 0.3) is 0 Å². The number of likely N-dealkylation sites (tertiary alicyclic amines) is 1. The summed E-state index contributed by atoms with van der Waals surface area (Å²) in [7, 11) is 1.36. The summed E-state index contributed by atoms with van der Waals surface area (Å²) >= 11 is 0. The van der Waals surface area contributed by atoms with Crippen LogP contribution in [0.3, 0.4) is 0 Å². The second-order valence-electron chi connectivity index (χ2n) is 8.01. The van der Waals surface area contributed by atoms with E-state index in [1.807, 2.05) is 67.6 Å². The SMILES string of the molecule is CCC(=O)N(c1ccccc1)[C@@]1(C(=O)OC)CCN(CC(=O)c2ccccc2)C[C@H]1C. The van der Waals surface area contributed by atoms with Crippen LogP contribution in [0.1, 0.15) is 37.0 Å². The molecule has 0 bridgehead atoms. The molecule has 2 atom stereocenters. The maximum absolute atomic E-state index is 13.2. The fraction of sp³-hybridized carbons (Fsp3) is 0.400. The highest BCUT2D eigenvalue weighted by molar-refractivity contribution is 6.02. The topological polar surface area (TPSA) is 66.9 Å². The van der Waals surface area contributed by atoms with Crippen molar-refractivity contribution in [1.29, 1.82) is 0 Å². The van der Waals surface area contributed by atoms with Crippen LogP contribution in [-0.4, -0.2) is 54.8 Å². The molecule has 164 valence electrons.